The number of aromatic hydroxyl groups is 1. The number of aromatic nitrogens is 1. The number of alkyl halides is 2. The highest BCUT2D eigenvalue weighted by atomic mass is 35.5. The fraction of sp³-hybridized carbons (Fsp3) is 0.196. The lowest BCUT2D eigenvalue weighted by Crippen LogP contribution is -2.60. The van der Waals surface area contributed by atoms with Crippen molar-refractivity contribution in [3.63, 3.8) is 0 Å². The molecule has 13 heteroatoms. The number of allylic oxidation sites excluding steroid dienone is 2. The molecule has 2 saturated heterocycles. The number of ether oxygens (including phenoxy) is 1. The Labute approximate surface area is 346 Å². The summed E-state index contributed by atoms with van der Waals surface area (Å²) in [6, 6.07) is 33.0. The van der Waals surface area contributed by atoms with Crippen LogP contribution in [0.4, 0.5) is 15.8 Å². The first-order valence-electron chi connectivity index (χ1n) is 19.0. The number of para-hydroxylation sites is 2. The van der Waals surface area contributed by atoms with Gasteiger partial charge >= 0.3 is 0 Å². The minimum atomic E-state index is -2.22. The highest BCUT2D eigenvalue weighted by Gasteiger charge is 2.77. The van der Waals surface area contributed by atoms with Crippen LogP contribution in [0.2, 0.25) is 0 Å². The van der Waals surface area contributed by atoms with Gasteiger partial charge in [0.15, 0.2) is 15.3 Å². The maximum atomic E-state index is 14.7. The molecule has 0 radical (unpaired) electrons. The van der Waals surface area contributed by atoms with E-state index in [0.29, 0.717) is 39.6 Å². The van der Waals surface area contributed by atoms with E-state index in [0.717, 1.165) is 27.5 Å². The molecule has 10 rings (SSSR count). The topological polar surface area (TPSA) is 130 Å². The smallest absolute Gasteiger partial charge is 0.258 e. The fourth-order valence-corrected chi connectivity index (χ4v) is 10.3. The van der Waals surface area contributed by atoms with Gasteiger partial charge < -0.3 is 14.3 Å². The van der Waals surface area contributed by atoms with Gasteiger partial charge in [0.25, 0.3) is 11.8 Å². The van der Waals surface area contributed by atoms with E-state index in [-0.39, 0.29) is 36.4 Å². The number of imide groups is 2. The van der Waals surface area contributed by atoms with Gasteiger partial charge in [-0.3, -0.25) is 24.1 Å². The van der Waals surface area contributed by atoms with Gasteiger partial charge in [-0.25, -0.2) is 14.3 Å². The molecule has 3 fully saturated rings. The summed E-state index contributed by atoms with van der Waals surface area (Å²) in [5.41, 5.74) is 3.94. The predicted molar refractivity (Wildman–Crippen MR) is 217 cm³/mol. The van der Waals surface area contributed by atoms with E-state index in [1.807, 2.05) is 54.6 Å². The molecule has 2 aliphatic carbocycles. The number of carbonyl (C=O) groups is 4. The van der Waals surface area contributed by atoms with Gasteiger partial charge in [0.2, 0.25) is 17.7 Å². The lowest BCUT2D eigenvalue weighted by Gasteiger charge is -2.50. The molecule has 0 spiro atoms. The molecule has 1 N–H and O–H groups in total. The minimum absolute atomic E-state index is 0.0536. The number of phenolic OH excluding ortho intramolecular Hbond substituents is 1. The number of nitrogens with zero attached hydrogens (tertiary/aromatic N) is 3. The number of halogens is 3. The Morgan fingerprint density at radius 3 is 2.22 bits per heavy atom. The van der Waals surface area contributed by atoms with Crippen LogP contribution >= 0.6 is 23.2 Å². The van der Waals surface area contributed by atoms with E-state index in [1.54, 1.807) is 42.5 Å². The Morgan fingerprint density at radius 2 is 1.49 bits per heavy atom. The summed E-state index contributed by atoms with van der Waals surface area (Å²) in [6.07, 6.45) is 1.65. The summed E-state index contributed by atoms with van der Waals surface area (Å²) in [6.45, 7) is 0.218. The van der Waals surface area contributed by atoms with Crippen molar-refractivity contribution in [2.75, 3.05) is 9.80 Å². The van der Waals surface area contributed by atoms with Gasteiger partial charge in [0.05, 0.1) is 23.2 Å². The molecule has 1 aromatic heterocycles. The van der Waals surface area contributed by atoms with Gasteiger partial charge in [-0.15, -0.1) is 23.2 Å². The molecule has 4 aliphatic rings. The molecule has 4 amide bonds. The van der Waals surface area contributed by atoms with Crippen LogP contribution in [-0.4, -0.2) is 43.5 Å². The maximum Gasteiger partial charge on any atom is 0.258 e. The quantitative estimate of drug-likeness (QED) is 0.0962. The van der Waals surface area contributed by atoms with E-state index in [4.69, 9.17) is 32.4 Å². The average Bonchev–Trinajstić information content (AvgIpc) is 3.84. The summed E-state index contributed by atoms with van der Waals surface area (Å²) >= 11 is 15.0. The van der Waals surface area contributed by atoms with Crippen molar-refractivity contribution in [3.05, 3.63) is 150 Å². The van der Waals surface area contributed by atoms with Crippen LogP contribution in [0.1, 0.15) is 29.9 Å². The average molecular weight is 829 g/mol. The van der Waals surface area contributed by atoms with Crippen LogP contribution in [-0.2, 0) is 25.8 Å². The molecule has 6 aromatic rings. The molecule has 294 valence electrons. The monoisotopic (exact) mass is 827 g/mol. The Kier molecular flexibility index (Phi) is 8.56. The molecule has 6 atom stereocenters. The second kappa shape index (κ2) is 13.6. The third-order valence-corrected chi connectivity index (χ3v) is 13.5. The molecule has 2 aliphatic heterocycles. The SMILES string of the molecule is O=C1C2CC=C3C(CC4(Cl)C(=O)N(c5ccc(F)cc5)C(=O)C4(Cl)C3c3ccc(OCc4ccccc4)cc3O)C2C(=O)N1c1ccc(-c2nc3ccccc3o2)cc1. The predicted octanol–water partition coefficient (Wildman–Crippen LogP) is 8.69. The Hall–Kier alpha value is -6.30. The van der Waals surface area contributed by atoms with Crippen LogP contribution in [0.15, 0.2) is 137 Å². The number of phenols is 1. The van der Waals surface area contributed by atoms with E-state index in [1.165, 1.54) is 18.2 Å². The Morgan fingerprint density at radius 1 is 0.797 bits per heavy atom. The van der Waals surface area contributed by atoms with Crippen molar-refractivity contribution in [1.82, 2.24) is 4.98 Å². The number of anilines is 2. The van der Waals surface area contributed by atoms with Gasteiger partial charge in [0, 0.05) is 23.1 Å². The van der Waals surface area contributed by atoms with E-state index < -0.39 is 62.9 Å². The lowest BCUT2D eigenvalue weighted by atomic mass is 9.56. The number of carbonyl (C=O) groups excluding carboxylic acids is 4. The normalized spacial score (nSPS) is 26.2. The molecule has 1 saturated carbocycles. The number of fused-ring (bicyclic) bond motifs is 5. The molecular formula is C46H32Cl2FN3O7. The first kappa shape index (κ1) is 37.0. The van der Waals surface area contributed by atoms with Crippen molar-refractivity contribution in [3.8, 4) is 23.0 Å². The fourth-order valence-electron chi connectivity index (χ4n) is 9.35. The summed E-state index contributed by atoms with van der Waals surface area (Å²) in [5.74, 6) is -6.65. The number of benzene rings is 5. The van der Waals surface area contributed by atoms with Crippen LogP contribution in [0, 0.1) is 23.6 Å². The molecule has 6 unspecified atom stereocenters. The van der Waals surface area contributed by atoms with Crippen LogP contribution in [0.5, 0.6) is 11.5 Å². The third kappa shape index (κ3) is 5.55. The maximum absolute atomic E-state index is 14.7. The van der Waals surface area contributed by atoms with Gasteiger partial charge in [-0.05, 0) is 91.1 Å². The minimum Gasteiger partial charge on any atom is -0.508 e. The number of hydrogen-bond acceptors (Lipinski definition) is 8. The van der Waals surface area contributed by atoms with Crippen molar-refractivity contribution in [2.45, 2.75) is 35.1 Å². The molecule has 3 heterocycles. The highest BCUT2D eigenvalue weighted by Crippen LogP contribution is 2.66. The summed E-state index contributed by atoms with van der Waals surface area (Å²) in [7, 11) is 0. The van der Waals surface area contributed by atoms with Crippen molar-refractivity contribution >= 4 is 69.3 Å². The van der Waals surface area contributed by atoms with Crippen LogP contribution in [0.25, 0.3) is 22.6 Å². The third-order valence-electron chi connectivity index (χ3n) is 12.1. The zero-order valence-electron chi connectivity index (χ0n) is 30.9. The van der Waals surface area contributed by atoms with E-state index in [2.05, 4.69) is 4.98 Å². The molecule has 0 bridgehead atoms. The van der Waals surface area contributed by atoms with Crippen molar-refractivity contribution in [2.24, 2.45) is 17.8 Å². The van der Waals surface area contributed by atoms with Gasteiger partial charge in [0.1, 0.15) is 29.4 Å². The molecule has 59 heavy (non-hydrogen) atoms. The first-order valence-corrected chi connectivity index (χ1v) is 19.8. The zero-order chi connectivity index (χ0) is 40.8. The second-order valence-electron chi connectivity index (χ2n) is 15.3. The lowest BCUT2D eigenvalue weighted by molar-refractivity contribution is -0.125. The van der Waals surface area contributed by atoms with Crippen LogP contribution < -0.4 is 14.5 Å². The van der Waals surface area contributed by atoms with Crippen LogP contribution in [0.3, 0.4) is 0 Å². The summed E-state index contributed by atoms with van der Waals surface area (Å²) in [5, 5.41) is 11.7. The number of hydrogen-bond donors (Lipinski definition) is 1. The zero-order valence-corrected chi connectivity index (χ0v) is 32.4. The Bertz CT molecular complexity index is 2730. The van der Waals surface area contributed by atoms with Gasteiger partial charge in [-0.2, -0.15) is 0 Å². The standard InChI is InChI=1S/C46H32Cl2FN3O7/c47-45-23-34-31(20-21-33-38(34)42(55)51(41(33)54)28-14-10-26(11-15-28)40-50-35-8-4-5-9-37(35)59-40)39(32-19-18-30(22-36(32)53)58-24-25-6-2-1-3-7-25)46(45,48)44(57)52(43(45)56)29-16-12-27(49)13-17-29/h1-20,22,33-34,38-39,53H,21,23-24H2. The number of amides is 4. The summed E-state index contributed by atoms with van der Waals surface area (Å²) in [4.78, 5) is 60.4. The molecule has 5 aromatic carbocycles. The largest absolute Gasteiger partial charge is 0.508 e. The molecular weight excluding hydrogens is 796 g/mol. The molecule has 10 nitrogen and oxygen atoms in total. The number of oxazole rings is 1. The Balaban J connectivity index is 1.03. The van der Waals surface area contributed by atoms with Crippen molar-refractivity contribution in [1.29, 1.82) is 0 Å². The summed E-state index contributed by atoms with van der Waals surface area (Å²) < 4.78 is 25.9. The van der Waals surface area contributed by atoms with Gasteiger partial charge in [-0.1, -0.05) is 60.2 Å². The van der Waals surface area contributed by atoms with E-state index >= 15 is 0 Å². The highest BCUT2D eigenvalue weighted by molar-refractivity contribution is 6.58. The van der Waals surface area contributed by atoms with Crippen molar-refractivity contribution < 1.29 is 37.8 Å². The first-order chi connectivity index (χ1) is 28.5. The van der Waals surface area contributed by atoms with E-state index in [9.17, 15) is 28.7 Å². The number of rotatable bonds is 7. The second-order valence-corrected chi connectivity index (χ2v) is 16.5.